The average Bonchev–Trinajstić information content (AvgIpc) is 3.32. The first kappa shape index (κ1) is 28.0. The topological polar surface area (TPSA) is 36.7 Å². The number of hydrogen-bond donors (Lipinski definition) is 0. The number of allylic oxidation sites excluding steroid dienone is 4. The predicted octanol–water partition coefficient (Wildman–Crippen LogP) is 9.29. The Morgan fingerprint density at radius 1 is 0.921 bits per heavy atom. The molecule has 38 heavy (non-hydrogen) atoms. The number of unbranched alkanes of at least 4 members (excludes halogenated alkanes) is 3. The molecule has 1 aliphatic heterocycles. The standard InChI is InChI=1S/C29H26F6N2S/c1-2-3-4-5-14-27(18-36)23(24-25(30)26(31)29(34,35)28(24,32)33)22(17-38-27)11-8-19-6-9-20(10-7-19)21-12-15-37-16-13-21/h6-13,15-17,23-24H,2-5,14H2,1H3. The van der Waals surface area contributed by atoms with E-state index in [1.807, 2.05) is 37.3 Å². The van der Waals surface area contributed by atoms with Gasteiger partial charge < -0.3 is 0 Å². The van der Waals surface area contributed by atoms with Gasteiger partial charge in [-0.3, -0.25) is 4.98 Å². The molecule has 1 aliphatic carbocycles. The monoisotopic (exact) mass is 548 g/mol. The lowest BCUT2D eigenvalue weighted by atomic mass is 9.72. The third-order valence-corrected chi connectivity index (χ3v) is 8.51. The largest absolute Gasteiger partial charge is 0.364 e. The van der Waals surface area contributed by atoms with Crippen LogP contribution in [0, 0.1) is 23.2 Å². The van der Waals surface area contributed by atoms with Gasteiger partial charge in [-0.2, -0.15) is 22.8 Å². The van der Waals surface area contributed by atoms with E-state index in [0.29, 0.717) is 18.4 Å². The SMILES string of the molecule is CCCCCCC1(C#N)SC=C(C=Cc2ccc(-c3ccncc3)cc2)C1C1C(F)=C(F)C(F)(F)C1(F)F. The van der Waals surface area contributed by atoms with Crippen molar-refractivity contribution in [1.82, 2.24) is 4.98 Å². The lowest BCUT2D eigenvalue weighted by Crippen LogP contribution is -2.48. The van der Waals surface area contributed by atoms with E-state index in [0.717, 1.165) is 35.7 Å². The Morgan fingerprint density at radius 3 is 2.16 bits per heavy atom. The summed E-state index contributed by atoms with van der Waals surface area (Å²) in [5.41, 5.74) is 2.64. The van der Waals surface area contributed by atoms with Gasteiger partial charge in [0.1, 0.15) is 10.6 Å². The van der Waals surface area contributed by atoms with Gasteiger partial charge >= 0.3 is 11.8 Å². The average molecular weight is 549 g/mol. The lowest BCUT2D eigenvalue weighted by molar-refractivity contribution is -0.209. The van der Waals surface area contributed by atoms with Crippen molar-refractivity contribution in [2.24, 2.45) is 11.8 Å². The molecule has 0 spiro atoms. The van der Waals surface area contributed by atoms with Crippen LogP contribution in [0.5, 0.6) is 0 Å². The van der Waals surface area contributed by atoms with Crippen molar-refractivity contribution >= 4 is 17.8 Å². The second kappa shape index (κ2) is 11.0. The van der Waals surface area contributed by atoms with E-state index in [-0.39, 0.29) is 12.0 Å². The first-order chi connectivity index (χ1) is 18.1. The maximum absolute atomic E-state index is 15.0. The van der Waals surface area contributed by atoms with Gasteiger partial charge in [0.2, 0.25) is 5.83 Å². The number of rotatable bonds is 9. The molecule has 1 aromatic carbocycles. The van der Waals surface area contributed by atoms with E-state index in [2.05, 4.69) is 4.98 Å². The van der Waals surface area contributed by atoms with Crippen LogP contribution in [0.4, 0.5) is 26.3 Å². The minimum absolute atomic E-state index is 0.0837. The molecule has 0 saturated carbocycles. The first-order valence-corrected chi connectivity index (χ1v) is 13.3. The number of nitriles is 1. The highest BCUT2D eigenvalue weighted by atomic mass is 32.2. The van der Waals surface area contributed by atoms with Gasteiger partial charge in [0.15, 0.2) is 0 Å². The van der Waals surface area contributed by atoms with Crippen LogP contribution >= 0.6 is 11.8 Å². The fraction of sp³-hybridized carbons (Fsp3) is 0.379. The van der Waals surface area contributed by atoms with Gasteiger partial charge in [0.25, 0.3) is 0 Å². The van der Waals surface area contributed by atoms with Gasteiger partial charge in [-0.1, -0.05) is 69.0 Å². The quantitative estimate of drug-likeness (QED) is 0.231. The third-order valence-electron chi connectivity index (χ3n) is 7.15. The molecule has 0 radical (unpaired) electrons. The van der Waals surface area contributed by atoms with E-state index >= 15 is 0 Å². The van der Waals surface area contributed by atoms with Crippen molar-refractivity contribution in [2.75, 3.05) is 0 Å². The number of benzene rings is 1. The molecule has 1 aromatic heterocycles. The number of halogens is 6. The fourth-order valence-corrected chi connectivity index (χ4v) is 6.35. The van der Waals surface area contributed by atoms with Crippen LogP contribution in [-0.4, -0.2) is 21.6 Å². The van der Waals surface area contributed by atoms with Gasteiger partial charge in [0, 0.05) is 18.3 Å². The summed E-state index contributed by atoms with van der Waals surface area (Å²) in [6.45, 7) is 1.98. The van der Waals surface area contributed by atoms with E-state index in [1.54, 1.807) is 30.6 Å². The minimum Gasteiger partial charge on any atom is -0.265 e. The van der Waals surface area contributed by atoms with E-state index < -0.39 is 40.1 Å². The molecule has 0 amide bonds. The Hall–Kier alpha value is -2.99. The van der Waals surface area contributed by atoms with Crippen LogP contribution in [-0.2, 0) is 0 Å². The molecule has 2 aliphatic rings. The maximum Gasteiger partial charge on any atom is 0.364 e. The van der Waals surface area contributed by atoms with Gasteiger partial charge in [-0.25, -0.2) is 8.78 Å². The van der Waals surface area contributed by atoms with Crippen molar-refractivity contribution in [3.8, 4) is 17.2 Å². The molecule has 0 bridgehead atoms. The highest BCUT2D eigenvalue weighted by Crippen LogP contribution is 2.64. The summed E-state index contributed by atoms with van der Waals surface area (Å²) in [7, 11) is 0. The molecule has 0 N–H and O–H groups in total. The zero-order valence-corrected chi connectivity index (χ0v) is 21.4. The second-order valence-electron chi connectivity index (χ2n) is 9.55. The summed E-state index contributed by atoms with van der Waals surface area (Å²) in [5, 5.41) is 11.5. The molecule has 2 nitrogen and oxygen atoms in total. The summed E-state index contributed by atoms with van der Waals surface area (Å²) in [4.78, 5) is 3.98. The second-order valence-corrected chi connectivity index (χ2v) is 10.8. The highest BCUT2D eigenvalue weighted by Gasteiger charge is 2.75. The van der Waals surface area contributed by atoms with Crippen molar-refractivity contribution < 1.29 is 26.3 Å². The summed E-state index contributed by atoms with van der Waals surface area (Å²) in [6.07, 6.45) is 9.32. The van der Waals surface area contributed by atoms with Gasteiger partial charge in [-0.05, 0) is 46.2 Å². The zero-order valence-electron chi connectivity index (χ0n) is 20.6. The Morgan fingerprint density at radius 2 is 1.58 bits per heavy atom. The van der Waals surface area contributed by atoms with Crippen LogP contribution < -0.4 is 0 Å². The van der Waals surface area contributed by atoms with Crippen LogP contribution in [0.15, 0.2) is 77.5 Å². The van der Waals surface area contributed by atoms with Crippen LogP contribution in [0.3, 0.4) is 0 Å². The van der Waals surface area contributed by atoms with Crippen molar-refractivity contribution in [1.29, 1.82) is 5.26 Å². The molecule has 0 fully saturated rings. The molecule has 2 heterocycles. The van der Waals surface area contributed by atoms with Crippen LogP contribution in [0.25, 0.3) is 17.2 Å². The Bertz CT molecular complexity index is 1280. The smallest absolute Gasteiger partial charge is 0.265 e. The molecule has 3 unspecified atom stereocenters. The van der Waals surface area contributed by atoms with Gasteiger partial charge in [0.05, 0.1) is 12.0 Å². The van der Waals surface area contributed by atoms with Crippen molar-refractivity contribution in [3.63, 3.8) is 0 Å². The molecule has 9 heteroatoms. The molecule has 4 rings (SSSR count). The number of aromatic nitrogens is 1. The number of pyridine rings is 1. The van der Waals surface area contributed by atoms with E-state index in [4.69, 9.17) is 0 Å². The number of nitrogens with zero attached hydrogens (tertiary/aromatic N) is 2. The fourth-order valence-electron chi connectivity index (χ4n) is 5.04. The molecule has 3 atom stereocenters. The van der Waals surface area contributed by atoms with Gasteiger partial charge in [-0.15, -0.1) is 11.8 Å². The maximum atomic E-state index is 15.0. The summed E-state index contributed by atoms with van der Waals surface area (Å²) in [6, 6.07) is 13.0. The molecular weight excluding hydrogens is 522 g/mol. The molecule has 200 valence electrons. The normalized spacial score (nSPS) is 26.1. The predicted molar refractivity (Wildman–Crippen MR) is 138 cm³/mol. The summed E-state index contributed by atoms with van der Waals surface area (Å²) >= 11 is 0.920. The Kier molecular flexibility index (Phi) is 8.12. The van der Waals surface area contributed by atoms with Crippen LogP contribution in [0.1, 0.15) is 44.6 Å². The third kappa shape index (κ3) is 4.91. The highest BCUT2D eigenvalue weighted by molar-refractivity contribution is 8.04. The van der Waals surface area contributed by atoms with Crippen LogP contribution in [0.2, 0.25) is 0 Å². The first-order valence-electron chi connectivity index (χ1n) is 12.4. The Balaban J connectivity index is 1.67. The number of thioether (sulfide) groups is 1. The Labute approximate surface area is 222 Å². The van der Waals surface area contributed by atoms with E-state index in [9.17, 15) is 31.6 Å². The molecule has 0 saturated heterocycles. The number of hydrogen-bond acceptors (Lipinski definition) is 3. The molecule has 2 aromatic rings. The van der Waals surface area contributed by atoms with Crippen molar-refractivity contribution in [2.45, 2.75) is 55.6 Å². The summed E-state index contributed by atoms with van der Waals surface area (Å²) in [5.74, 6) is -19.7. The zero-order chi connectivity index (χ0) is 27.6. The van der Waals surface area contributed by atoms with E-state index in [1.165, 1.54) is 11.5 Å². The van der Waals surface area contributed by atoms with Crippen molar-refractivity contribution in [3.05, 3.63) is 83.1 Å². The minimum atomic E-state index is -5.28. The lowest BCUT2D eigenvalue weighted by Gasteiger charge is -2.36. The summed E-state index contributed by atoms with van der Waals surface area (Å²) < 4.78 is 85.6. The molecular formula is C29H26F6N2S. The number of alkyl halides is 4.